The first-order valence-electron chi connectivity index (χ1n) is 39.1. The van der Waals surface area contributed by atoms with E-state index in [-0.39, 0.29) is 25.7 Å². The van der Waals surface area contributed by atoms with Crippen LogP contribution in [-0.4, -0.2) is 96.7 Å². The van der Waals surface area contributed by atoms with Crippen LogP contribution in [0.2, 0.25) is 0 Å². The minimum Gasteiger partial charge on any atom is -0.462 e. The number of carbonyl (C=O) groups excluding carboxylic acids is 4. The third-order valence-electron chi connectivity index (χ3n) is 16.3. The lowest BCUT2D eigenvalue weighted by Gasteiger charge is -2.21. The lowest BCUT2D eigenvalue weighted by Crippen LogP contribution is -2.30. The number of esters is 4. The molecule has 0 aromatic rings. The molecule has 0 aliphatic rings. The highest BCUT2D eigenvalue weighted by Crippen LogP contribution is 2.45. The molecule has 0 amide bonds. The molecule has 0 bridgehead atoms. The Kier molecular flexibility index (Phi) is 69.9. The molecule has 0 aliphatic heterocycles. The Balaban J connectivity index is 5.41. The van der Waals surface area contributed by atoms with Gasteiger partial charge in [0.1, 0.15) is 19.3 Å². The van der Waals surface area contributed by atoms with Crippen LogP contribution in [0.3, 0.4) is 0 Å². The molecule has 0 aromatic heterocycles. The van der Waals surface area contributed by atoms with Crippen molar-refractivity contribution in [2.45, 2.75) is 341 Å². The van der Waals surface area contributed by atoms with Crippen molar-refractivity contribution in [2.24, 2.45) is 0 Å². The summed E-state index contributed by atoms with van der Waals surface area (Å²) in [4.78, 5) is 72.8. The molecule has 100 heavy (non-hydrogen) atoms. The van der Waals surface area contributed by atoms with Gasteiger partial charge in [0, 0.05) is 19.3 Å². The number of carbonyl (C=O) groups is 4. The van der Waals surface area contributed by atoms with Crippen LogP contribution in [0.1, 0.15) is 323 Å². The summed E-state index contributed by atoms with van der Waals surface area (Å²) in [5.74, 6) is -2.33. The highest BCUT2D eigenvalue weighted by Gasteiger charge is 2.30. The summed E-state index contributed by atoms with van der Waals surface area (Å²) in [6, 6.07) is 0. The molecule has 0 rings (SSSR count). The van der Waals surface area contributed by atoms with Crippen molar-refractivity contribution in [2.75, 3.05) is 39.6 Å². The van der Waals surface area contributed by atoms with Crippen LogP contribution in [0.4, 0.5) is 0 Å². The maximum Gasteiger partial charge on any atom is 0.472 e. The van der Waals surface area contributed by atoms with E-state index in [4.69, 9.17) is 37.0 Å². The minimum absolute atomic E-state index is 0.0968. The number of hydrogen-bond donors (Lipinski definition) is 3. The van der Waals surface area contributed by atoms with E-state index in [1.54, 1.807) is 12.2 Å². The first-order valence-corrected chi connectivity index (χ1v) is 42.1. The molecule has 19 heteroatoms. The van der Waals surface area contributed by atoms with E-state index in [1.807, 2.05) is 12.2 Å². The molecule has 0 radical (unpaired) electrons. The second-order valence-corrected chi connectivity index (χ2v) is 28.8. The molecule has 0 aliphatic carbocycles. The predicted molar refractivity (Wildman–Crippen MR) is 408 cm³/mol. The summed E-state index contributed by atoms with van der Waals surface area (Å²) in [6.45, 7) is 4.54. The summed E-state index contributed by atoms with van der Waals surface area (Å²) in [5, 5.41) is 10.6. The highest BCUT2D eigenvalue weighted by atomic mass is 31.2. The second-order valence-electron chi connectivity index (χ2n) is 25.9. The number of ether oxygens (including phenoxy) is 4. The fourth-order valence-corrected chi connectivity index (χ4v) is 12.0. The van der Waals surface area contributed by atoms with Crippen molar-refractivity contribution in [3.8, 4) is 0 Å². The second kappa shape index (κ2) is 73.0. The van der Waals surface area contributed by atoms with Crippen molar-refractivity contribution in [3.63, 3.8) is 0 Å². The standard InChI is InChI=1S/C81H140O17P2/c1-5-9-13-17-21-25-29-33-36-37-40-43-46-50-54-58-62-66-79(84)92-72-77(98-81(86)68-64-60-56-52-48-44-39-35-31-27-23-19-15-11-7-3)74-96-100(89,90)94-70-75(82)69-93-99(87,88)95-73-76(97-80(85)67-63-59-55-51-47-41-32-28-24-20-16-12-8-4)71-91-78(83)65-61-57-53-49-45-42-38-34-30-26-22-18-14-10-6-2/h9,11,13,15,21,23,25,27,33,35-36,39-40,43,48,52,60,64,75-77,82H,5-8,10,12,14,16-20,22,24,26,28-32,34,37-38,41-42,44-47,49-51,53-59,61-63,65-74H2,1-4H3,(H,87,88)(H,89,90)/b13-9-,15-11-,25-21-,27-23-,36-33-,39-35-,43-40-,52-48-,64-60-. The maximum absolute atomic E-state index is 13.1. The Morgan fingerprint density at radius 3 is 0.890 bits per heavy atom. The minimum atomic E-state index is -5.00. The lowest BCUT2D eigenvalue weighted by atomic mass is 10.0. The molecular formula is C81H140O17P2. The van der Waals surface area contributed by atoms with E-state index in [0.717, 1.165) is 122 Å². The van der Waals surface area contributed by atoms with E-state index in [2.05, 4.69) is 113 Å². The lowest BCUT2D eigenvalue weighted by molar-refractivity contribution is -0.161. The summed E-state index contributed by atoms with van der Waals surface area (Å²) < 4.78 is 68.4. The molecule has 5 atom stereocenters. The van der Waals surface area contributed by atoms with Crippen molar-refractivity contribution in [3.05, 3.63) is 109 Å². The van der Waals surface area contributed by atoms with Gasteiger partial charge in [0.2, 0.25) is 0 Å². The first-order chi connectivity index (χ1) is 48.7. The molecule has 0 heterocycles. The van der Waals surface area contributed by atoms with Crippen molar-refractivity contribution in [1.82, 2.24) is 0 Å². The summed E-state index contributed by atoms with van der Waals surface area (Å²) in [7, 11) is -9.98. The molecule has 5 unspecified atom stereocenters. The van der Waals surface area contributed by atoms with Gasteiger partial charge in [-0.05, 0) is 89.9 Å². The number of allylic oxidation sites excluding steroid dienone is 17. The van der Waals surface area contributed by atoms with E-state index in [9.17, 15) is 43.2 Å². The molecule has 3 N–H and O–H groups in total. The first kappa shape index (κ1) is 95.7. The molecular weight excluding hydrogens is 1310 g/mol. The number of phosphoric ester groups is 2. The van der Waals surface area contributed by atoms with Gasteiger partial charge in [-0.1, -0.05) is 317 Å². The molecule has 0 spiro atoms. The van der Waals surface area contributed by atoms with Crippen LogP contribution >= 0.6 is 15.6 Å². The third kappa shape index (κ3) is 72.1. The molecule has 576 valence electrons. The number of unbranched alkanes of at least 4 members (excludes halogenated alkanes) is 30. The highest BCUT2D eigenvalue weighted by molar-refractivity contribution is 7.47. The Morgan fingerprint density at radius 2 is 0.560 bits per heavy atom. The number of phosphoric acid groups is 2. The van der Waals surface area contributed by atoms with Gasteiger partial charge in [-0.3, -0.25) is 37.3 Å². The Labute approximate surface area is 607 Å². The average molecular weight is 1450 g/mol. The van der Waals surface area contributed by atoms with Crippen LogP contribution in [0.25, 0.3) is 0 Å². The van der Waals surface area contributed by atoms with E-state index in [1.165, 1.54) is 122 Å². The summed E-state index contributed by atoms with van der Waals surface area (Å²) in [6.07, 6.45) is 78.2. The van der Waals surface area contributed by atoms with Gasteiger partial charge >= 0.3 is 39.5 Å². The Hall–Kier alpha value is -4.28. The van der Waals surface area contributed by atoms with E-state index < -0.39 is 97.5 Å². The summed E-state index contributed by atoms with van der Waals surface area (Å²) >= 11 is 0. The van der Waals surface area contributed by atoms with Gasteiger partial charge in [-0.15, -0.1) is 0 Å². The van der Waals surface area contributed by atoms with Crippen LogP contribution in [0.5, 0.6) is 0 Å². The molecule has 0 fully saturated rings. The monoisotopic (exact) mass is 1450 g/mol. The molecule has 0 saturated carbocycles. The maximum atomic E-state index is 13.1. The van der Waals surface area contributed by atoms with Crippen LogP contribution in [0.15, 0.2) is 109 Å². The zero-order valence-corrected chi connectivity index (χ0v) is 64.6. The summed E-state index contributed by atoms with van der Waals surface area (Å²) in [5.41, 5.74) is 0. The van der Waals surface area contributed by atoms with E-state index in [0.29, 0.717) is 25.7 Å². The zero-order valence-electron chi connectivity index (χ0n) is 62.8. The van der Waals surface area contributed by atoms with Gasteiger partial charge in [0.05, 0.1) is 32.8 Å². The van der Waals surface area contributed by atoms with Gasteiger partial charge in [-0.2, -0.15) is 0 Å². The van der Waals surface area contributed by atoms with Crippen LogP contribution < -0.4 is 0 Å². The number of rotatable bonds is 73. The van der Waals surface area contributed by atoms with Gasteiger partial charge in [0.25, 0.3) is 0 Å². The van der Waals surface area contributed by atoms with Crippen molar-refractivity contribution in [1.29, 1.82) is 0 Å². The SMILES string of the molecule is CC/C=C\C/C=C\C/C=C\C/C=C\C/C=C\CC(=O)OC(COC(=O)CCCCCC/C=C\C/C=C\C/C=C\C/C=C\CC)COP(=O)(O)OCC(O)COP(=O)(O)OCC(COC(=O)CCCCCCCCCCCCCCCCC)OC(=O)CCCCCCCCCCCCCCC. The van der Waals surface area contributed by atoms with E-state index >= 15 is 0 Å². The van der Waals surface area contributed by atoms with Crippen molar-refractivity contribution >= 4 is 39.5 Å². The fraction of sp³-hybridized carbons (Fsp3) is 0.728. The molecule has 17 nitrogen and oxygen atoms in total. The van der Waals surface area contributed by atoms with Gasteiger partial charge in [0.15, 0.2) is 12.2 Å². The normalized spacial score (nSPS) is 14.5. The zero-order chi connectivity index (χ0) is 73.2. The fourth-order valence-electron chi connectivity index (χ4n) is 10.4. The third-order valence-corrected chi connectivity index (χ3v) is 18.2. The largest absolute Gasteiger partial charge is 0.472 e. The molecule has 0 aromatic carbocycles. The van der Waals surface area contributed by atoms with Gasteiger partial charge < -0.3 is 33.8 Å². The van der Waals surface area contributed by atoms with Crippen molar-refractivity contribution < 1.29 is 80.2 Å². The van der Waals surface area contributed by atoms with Gasteiger partial charge in [-0.25, -0.2) is 9.13 Å². The average Bonchev–Trinajstić information content (AvgIpc) is 0.932. The Morgan fingerprint density at radius 1 is 0.300 bits per heavy atom. The number of hydrogen-bond acceptors (Lipinski definition) is 15. The van der Waals surface area contributed by atoms with Crippen LogP contribution in [-0.2, 0) is 65.4 Å². The number of aliphatic hydroxyl groups excluding tert-OH is 1. The smallest absolute Gasteiger partial charge is 0.462 e. The predicted octanol–water partition coefficient (Wildman–Crippen LogP) is 22.6. The topological polar surface area (TPSA) is 237 Å². The molecule has 0 saturated heterocycles. The quantitative estimate of drug-likeness (QED) is 0.0169. The Bertz CT molecular complexity index is 2320. The number of aliphatic hydroxyl groups is 1. The van der Waals surface area contributed by atoms with Crippen LogP contribution in [0, 0.1) is 0 Å².